The maximum atomic E-state index is 5.68. The van der Waals surface area contributed by atoms with E-state index < -0.39 is 0 Å². The van der Waals surface area contributed by atoms with Crippen molar-refractivity contribution >= 4 is 28.7 Å². The van der Waals surface area contributed by atoms with Crippen LogP contribution in [0, 0.1) is 6.92 Å². The normalized spacial score (nSPS) is 19.9. The molecule has 1 N–H and O–H groups in total. The maximum Gasteiger partial charge on any atom is 0.170 e. The van der Waals surface area contributed by atoms with Crippen LogP contribution < -0.4 is 5.32 Å². The van der Waals surface area contributed by atoms with Crippen LogP contribution >= 0.6 is 23.6 Å². The molecule has 0 radical (unpaired) electrons. The van der Waals surface area contributed by atoms with E-state index in [0.29, 0.717) is 0 Å². The molecule has 2 atom stereocenters. The summed E-state index contributed by atoms with van der Waals surface area (Å²) < 4.78 is 0. The van der Waals surface area contributed by atoms with Crippen molar-refractivity contribution in [2.75, 3.05) is 0 Å². The molecule has 3 aromatic rings. The number of hydrogen-bond donors (Lipinski definition) is 1. The van der Waals surface area contributed by atoms with Crippen molar-refractivity contribution in [3.05, 3.63) is 82.1 Å². The molecule has 1 fully saturated rings. The molecular formula is C19H18N4S2. The Hall–Kier alpha value is -2.31. The number of aryl methyl sites for hydroxylation is 1. The number of hydrogen-bond acceptors (Lipinski definition) is 4. The SMILES string of the molecule is Cc1ccc(C2C(c3ccccn3)NC(=S)N2Cc2ccncc2)s1. The van der Waals surface area contributed by atoms with Gasteiger partial charge in [-0.3, -0.25) is 9.97 Å². The van der Waals surface area contributed by atoms with E-state index in [4.69, 9.17) is 12.2 Å². The van der Waals surface area contributed by atoms with Gasteiger partial charge >= 0.3 is 0 Å². The molecule has 0 aliphatic carbocycles. The van der Waals surface area contributed by atoms with Gasteiger partial charge in [-0.1, -0.05) is 6.07 Å². The third kappa shape index (κ3) is 3.27. The Bertz CT molecular complexity index is 863. The van der Waals surface area contributed by atoms with Crippen LogP contribution in [0.2, 0.25) is 0 Å². The van der Waals surface area contributed by atoms with E-state index in [1.807, 2.05) is 54.2 Å². The second kappa shape index (κ2) is 6.90. The average Bonchev–Trinajstić information content (AvgIpc) is 3.20. The first-order chi connectivity index (χ1) is 12.2. The Morgan fingerprint density at radius 2 is 1.96 bits per heavy atom. The molecule has 6 heteroatoms. The molecule has 4 heterocycles. The van der Waals surface area contributed by atoms with Crippen molar-refractivity contribution in [2.24, 2.45) is 0 Å². The van der Waals surface area contributed by atoms with Crippen LogP contribution in [-0.4, -0.2) is 20.0 Å². The van der Waals surface area contributed by atoms with E-state index in [2.05, 4.69) is 45.3 Å². The van der Waals surface area contributed by atoms with Crippen LogP contribution in [0.25, 0.3) is 0 Å². The van der Waals surface area contributed by atoms with Crippen LogP contribution in [-0.2, 0) is 6.54 Å². The molecule has 1 aliphatic rings. The second-order valence-corrected chi connectivity index (χ2v) is 7.76. The highest BCUT2D eigenvalue weighted by Gasteiger charge is 2.40. The Morgan fingerprint density at radius 3 is 2.64 bits per heavy atom. The highest BCUT2D eigenvalue weighted by molar-refractivity contribution is 7.80. The van der Waals surface area contributed by atoms with Crippen molar-refractivity contribution < 1.29 is 0 Å². The third-order valence-electron chi connectivity index (χ3n) is 4.35. The highest BCUT2D eigenvalue weighted by Crippen LogP contribution is 2.41. The predicted octanol–water partition coefficient (Wildman–Crippen LogP) is 4.02. The van der Waals surface area contributed by atoms with Crippen LogP contribution in [0.3, 0.4) is 0 Å². The van der Waals surface area contributed by atoms with Crippen LogP contribution in [0.1, 0.15) is 33.1 Å². The van der Waals surface area contributed by atoms with Crippen LogP contribution in [0.15, 0.2) is 61.1 Å². The zero-order valence-corrected chi connectivity index (χ0v) is 15.4. The summed E-state index contributed by atoms with van der Waals surface area (Å²) in [5.41, 5.74) is 2.21. The molecule has 1 aliphatic heterocycles. The summed E-state index contributed by atoms with van der Waals surface area (Å²) in [6.45, 7) is 2.89. The van der Waals surface area contributed by atoms with Gasteiger partial charge in [0.05, 0.1) is 17.8 Å². The van der Waals surface area contributed by atoms with Gasteiger partial charge in [-0.15, -0.1) is 11.3 Å². The first-order valence-corrected chi connectivity index (χ1v) is 9.38. The standard InChI is InChI=1S/C19H18N4S2/c1-13-5-6-16(25-13)18-17(15-4-2-3-9-21-15)22-19(24)23(18)12-14-7-10-20-11-8-14/h2-11,17-18H,12H2,1H3,(H,22,24). The lowest BCUT2D eigenvalue weighted by molar-refractivity contribution is 0.315. The summed E-state index contributed by atoms with van der Waals surface area (Å²) in [6.07, 6.45) is 5.48. The number of pyridine rings is 2. The molecule has 4 rings (SSSR count). The van der Waals surface area contributed by atoms with E-state index in [9.17, 15) is 0 Å². The fourth-order valence-corrected chi connectivity index (χ4v) is 4.52. The molecule has 0 bridgehead atoms. The summed E-state index contributed by atoms with van der Waals surface area (Å²) in [7, 11) is 0. The van der Waals surface area contributed by atoms with Gasteiger partial charge in [0.15, 0.2) is 5.11 Å². The number of nitrogens with one attached hydrogen (secondary N) is 1. The largest absolute Gasteiger partial charge is 0.352 e. The molecule has 0 spiro atoms. The Labute approximate surface area is 156 Å². The topological polar surface area (TPSA) is 41.1 Å². The Balaban J connectivity index is 1.72. The highest BCUT2D eigenvalue weighted by atomic mass is 32.1. The summed E-state index contributed by atoms with van der Waals surface area (Å²) in [5.74, 6) is 0. The molecular weight excluding hydrogens is 348 g/mol. The summed E-state index contributed by atoms with van der Waals surface area (Å²) in [4.78, 5) is 13.5. The molecule has 126 valence electrons. The minimum absolute atomic E-state index is 0.0496. The number of thiophene rings is 1. The lowest BCUT2D eigenvalue weighted by Crippen LogP contribution is -2.28. The smallest absolute Gasteiger partial charge is 0.170 e. The molecule has 2 unspecified atom stereocenters. The first kappa shape index (κ1) is 16.2. The van der Waals surface area contributed by atoms with Gasteiger partial charge in [-0.05, 0) is 61.1 Å². The molecule has 25 heavy (non-hydrogen) atoms. The lowest BCUT2D eigenvalue weighted by atomic mass is 10.0. The third-order valence-corrected chi connectivity index (χ3v) is 5.78. The Morgan fingerprint density at radius 1 is 1.12 bits per heavy atom. The summed E-state index contributed by atoms with van der Waals surface area (Å²) in [5, 5.41) is 4.25. The van der Waals surface area contributed by atoms with E-state index in [1.54, 1.807) is 0 Å². The fourth-order valence-electron chi connectivity index (χ4n) is 3.18. The van der Waals surface area contributed by atoms with Gasteiger partial charge in [-0.2, -0.15) is 0 Å². The van der Waals surface area contributed by atoms with Gasteiger partial charge in [0.2, 0.25) is 0 Å². The lowest BCUT2D eigenvalue weighted by Gasteiger charge is -2.26. The van der Waals surface area contributed by atoms with Gasteiger partial charge < -0.3 is 10.2 Å². The summed E-state index contributed by atoms with van der Waals surface area (Å²) in [6, 6.07) is 14.6. The predicted molar refractivity (Wildman–Crippen MR) is 104 cm³/mol. The average molecular weight is 367 g/mol. The molecule has 0 amide bonds. The first-order valence-electron chi connectivity index (χ1n) is 8.15. The fraction of sp³-hybridized carbons (Fsp3) is 0.211. The van der Waals surface area contributed by atoms with Gasteiger partial charge in [0.25, 0.3) is 0 Å². The van der Waals surface area contributed by atoms with E-state index in [1.165, 1.54) is 15.3 Å². The van der Waals surface area contributed by atoms with Gasteiger partial charge in [0.1, 0.15) is 0 Å². The second-order valence-electron chi connectivity index (χ2n) is 6.06. The van der Waals surface area contributed by atoms with Crippen LogP contribution in [0.4, 0.5) is 0 Å². The zero-order chi connectivity index (χ0) is 17.2. The number of rotatable bonds is 4. The van der Waals surface area contributed by atoms with Crippen molar-refractivity contribution in [1.29, 1.82) is 0 Å². The van der Waals surface area contributed by atoms with Crippen molar-refractivity contribution in [2.45, 2.75) is 25.6 Å². The Kier molecular flexibility index (Phi) is 4.46. The molecule has 4 nitrogen and oxygen atoms in total. The number of aromatic nitrogens is 2. The summed E-state index contributed by atoms with van der Waals surface area (Å²) >= 11 is 7.49. The molecule has 1 saturated heterocycles. The molecule has 3 aromatic heterocycles. The monoisotopic (exact) mass is 366 g/mol. The van der Waals surface area contributed by atoms with Gasteiger partial charge in [-0.25, -0.2) is 0 Å². The van der Waals surface area contributed by atoms with Crippen molar-refractivity contribution in [1.82, 2.24) is 20.2 Å². The van der Waals surface area contributed by atoms with E-state index >= 15 is 0 Å². The zero-order valence-electron chi connectivity index (χ0n) is 13.8. The maximum absolute atomic E-state index is 5.68. The van der Waals surface area contributed by atoms with Crippen molar-refractivity contribution in [3.63, 3.8) is 0 Å². The number of thiocarbonyl (C=S) groups is 1. The van der Waals surface area contributed by atoms with E-state index in [-0.39, 0.29) is 12.1 Å². The number of nitrogens with zero attached hydrogens (tertiary/aromatic N) is 3. The van der Waals surface area contributed by atoms with Crippen LogP contribution in [0.5, 0.6) is 0 Å². The van der Waals surface area contributed by atoms with E-state index in [0.717, 1.165) is 17.4 Å². The van der Waals surface area contributed by atoms with Crippen molar-refractivity contribution in [3.8, 4) is 0 Å². The van der Waals surface area contributed by atoms with Gasteiger partial charge in [0, 0.05) is 34.9 Å². The molecule has 0 saturated carbocycles. The molecule has 0 aromatic carbocycles. The minimum Gasteiger partial charge on any atom is -0.352 e. The minimum atomic E-state index is 0.0496. The quantitative estimate of drug-likeness (QED) is 0.706.